The van der Waals surface area contributed by atoms with Gasteiger partial charge in [-0.15, -0.1) is 12.6 Å². The maximum absolute atomic E-state index is 11.2. The van der Waals surface area contributed by atoms with Gasteiger partial charge in [0, 0.05) is 11.0 Å². The SMILES string of the molecule is NC(S)(CCC[C@@H]1SC[C@@H]2NC(=O)N[C@@H]21)C(=O)O. The van der Waals surface area contributed by atoms with Crippen LogP contribution in [0.2, 0.25) is 0 Å². The van der Waals surface area contributed by atoms with E-state index < -0.39 is 10.8 Å². The summed E-state index contributed by atoms with van der Waals surface area (Å²) in [7, 11) is 0. The maximum Gasteiger partial charge on any atom is 0.333 e. The topological polar surface area (TPSA) is 104 Å². The van der Waals surface area contributed by atoms with Gasteiger partial charge in [0.25, 0.3) is 0 Å². The lowest BCUT2D eigenvalue weighted by Gasteiger charge is -2.20. The molecule has 2 aliphatic heterocycles. The number of urea groups is 1. The number of carboxylic acids is 1. The third-order valence-corrected chi connectivity index (χ3v) is 5.28. The summed E-state index contributed by atoms with van der Waals surface area (Å²) in [5.74, 6) is -0.194. The fourth-order valence-corrected chi connectivity index (χ4v) is 4.02. The van der Waals surface area contributed by atoms with E-state index in [9.17, 15) is 9.59 Å². The van der Waals surface area contributed by atoms with Gasteiger partial charge in [0.1, 0.15) is 0 Å². The highest BCUT2D eigenvalue weighted by Gasteiger charge is 2.42. The van der Waals surface area contributed by atoms with Crippen molar-refractivity contribution < 1.29 is 14.7 Å². The molecule has 2 fully saturated rings. The van der Waals surface area contributed by atoms with E-state index in [-0.39, 0.29) is 18.1 Å². The molecule has 0 aromatic carbocycles. The predicted octanol–water partition coefficient (Wildman–Crippen LogP) is -0.00850. The highest BCUT2D eigenvalue weighted by atomic mass is 32.2. The van der Waals surface area contributed by atoms with Crippen LogP contribution in [0.4, 0.5) is 4.79 Å². The van der Waals surface area contributed by atoms with E-state index in [1.807, 2.05) is 0 Å². The summed E-state index contributed by atoms with van der Waals surface area (Å²) in [6.45, 7) is 0. The van der Waals surface area contributed by atoms with Crippen LogP contribution < -0.4 is 16.4 Å². The fraction of sp³-hybridized carbons (Fsp3) is 0.800. The molecule has 2 amide bonds. The number of hydrogen-bond acceptors (Lipinski definition) is 5. The summed E-state index contributed by atoms with van der Waals surface area (Å²) < 4.78 is 0. The number of hydrogen-bond donors (Lipinski definition) is 5. The Morgan fingerprint density at radius 3 is 3.00 bits per heavy atom. The number of carbonyl (C=O) groups is 2. The van der Waals surface area contributed by atoms with E-state index in [0.717, 1.165) is 12.2 Å². The minimum atomic E-state index is -1.46. The fourth-order valence-electron chi connectivity index (χ4n) is 2.32. The third kappa shape index (κ3) is 2.86. The quantitative estimate of drug-likeness (QED) is 0.278. The average molecular weight is 291 g/mol. The maximum atomic E-state index is 11.2. The number of fused-ring (bicyclic) bond motifs is 1. The van der Waals surface area contributed by atoms with E-state index in [0.29, 0.717) is 18.1 Å². The second-order valence-corrected chi connectivity index (χ2v) is 6.81. The van der Waals surface area contributed by atoms with Crippen LogP contribution >= 0.6 is 24.4 Å². The van der Waals surface area contributed by atoms with Crippen molar-refractivity contribution in [3.8, 4) is 0 Å². The summed E-state index contributed by atoms with van der Waals surface area (Å²) in [5, 5.41) is 14.9. The molecule has 6 nitrogen and oxygen atoms in total. The van der Waals surface area contributed by atoms with Gasteiger partial charge >= 0.3 is 12.0 Å². The minimum Gasteiger partial charge on any atom is -0.479 e. The number of nitrogens with one attached hydrogen (secondary N) is 2. The van der Waals surface area contributed by atoms with Gasteiger partial charge < -0.3 is 21.5 Å². The number of amides is 2. The second-order valence-electron chi connectivity index (χ2n) is 4.74. The molecule has 0 aromatic rings. The van der Waals surface area contributed by atoms with Crippen molar-refractivity contribution in [2.75, 3.05) is 5.75 Å². The molecule has 102 valence electrons. The molecule has 0 aliphatic carbocycles. The zero-order valence-corrected chi connectivity index (χ0v) is 11.5. The molecule has 2 heterocycles. The van der Waals surface area contributed by atoms with Gasteiger partial charge in [0.05, 0.1) is 12.1 Å². The smallest absolute Gasteiger partial charge is 0.333 e. The molecule has 0 radical (unpaired) electrons. The molecule has 4 atom stereocenters. The number of carbonyl (C=O) groups excluding carboxylic acids is 1. The molecular formula is C10H17N3O3S2. The lowest BCUT2D eigenvalue weighted by atomic mass is 10.0. The molecule has 2 rings (SSSR count). The van der Waals surface area contributed by atoms with E-state index >= 15 is 0 Å². The number of thiol groups is 1. The largest absolute Gasteiger partial charge is 0.479 e. The zero-order chi connectivity index (χ0) is 13.3. The van der Waals surface area contributed by atoms with E-state index in [2.05, 4.69) is 23.3 Å². The van der Waals surface area contributed by atoms with Crippen LogP contribution in [0.15, 0.2) is 0 Å². The first kappa shape index (κ1) is 13.8. The number of nitrogens with two attached hydrogens (primary N) is 1. The van der Waals surface area contributed by atoms with E-state index in [1.165, 1.54) is 0 Å². The van der Waals surface area contributed by atoms with Crippen molar-refractivity contribution in [2.24, 2.45) is 5.73 Å². The van der Waals surface area contributed by atoms with Gasteiger partial charge in [-0.1, -0.05) is 0 Å². The summed E-state index contributed by atoms with van der Waals surface area (Å²) in [6.07, 6.45) is 1.84. The van der Waals surface area contributed by atoms with Crippen molar-refractivity contribution in [1.82, 2.24) is 10.6 Å². The van der Waals surface area contributed by atoms with Crippen LogP contribution in [0.5, 0.6) is 0 Å². The molecule has 1 unspecified atom stereocenters. The molecule has 0 spiro atoms. The van der Waals surface area contributed by atoms with Gasteiger partial charge in [-0.3, -0.25) is 0 Å². The van der Waals surface area contributed by atoms with Crippen molar-refractivity contribution in [1.29, 1.82) is 0 Å². The highest BCUT2D eigenvalue weighted by molar-refractivity contribution is 8.00. The van der Waals surface area contributed by atoms with Crippen molar-refractivity contribution in [2.45, 2.75) is 41.5 Å². The summed E-state index contributed by atoms with van der Waals surface area (Å²) in [6, 6.07) is 0.244. The zero-order valence-electron chi connectivity index (χ0n) is 9.76. The van der Waals surface area contributed by atoms with Crippen LogP contribution in [-0.2, 0) is 4.79 Å². The van der Waals surface area contributed by atoms with Crippen molar-refractivity contribution >= 4 is 36.4 Å². The van der Waals surface area contributed by atoms with Gasteiger partial charge in [0.2, 0.25) is 0 Å². The number of aliphatic carboxylic acids is 1. The average Bonchev–Trinajstić information content (AvgIpc) is 2.78. The van der Waals surface area contributed by atoms with Crippen LogP contribution in [0.25, 0.3) is 0 Å². The lowest BCUT2D eigenvalue weighted by Crippen LogP contribution is -2.42. The van der Waals surface area contributed by atoms with Crippen molar-refractivity contribution in [3.05, 3.63) is 0 Å². The van der Waals surface area contributed by atoms with Crippen LogP contribution in [-0.4, -0.2) is 45.1 Å². The Labute approximate surface area is 115 Å². The Morgan fingerprint density at radius 2 is 2.33 bits per heavy atom. The molecule has 18 heavy (non-hydrogen) atoms. The normalized spacial score (nSPS) is 33.4. The summed E-state index contributed by atoms with van der Waals surface area (Å²) in [4.78, 5) is 20.5. The standard InChI is InChI=1S/C10H17N3O3S2/c11-10(17,8(14)15)3-1-2-6-7-5(4-18-6)12-9(16)13-7/h5-7,17H,1-4,11H2,(H,14,15)(H2,12,13,16)/t5-,6-,7-,10?/m0/s1. The molecule has 2 aliphatic rings. The predicted molar refractivity (Wildman–Crippen MR) is 72.9 cm³/mol. The molecule has 2 saturated heterocycles. The van der Waals surface area contributed by atoms with Gasteiger partial charge in [-0.2, -0.15) is 11.8 Å². The Morgan fingerprint density at radius 1 is 1.61 bits per heavy atom. The minimum absolute atomic E-state index is 0.108. The second kappa shape index (κ2) is 5.18. The monoisotopic (exact) mass is 291 g/mol. The molecule has 5 N–H and O–H groups in total. The van der Waals surface area contributed by atoms with E-state index in [4.69, 9.17) is 10.8 Å². The number of thioether (sulfide) groups is 1. The van der Waals surface area contributed by atoms with Gasteiger partial charge in [0.15, 0.2) is 4.87 Å². The van der Waals surface area contributed by atoms with Crippen LogP contribution in [0.3, 0.4) is 0 Å². The first-order valence-corrected chi connectivity index (χ1v) is 7.33. The first-order chi connectivity index (χ1) is 8.40. The Kier molecular flexibility index (Phi) is 3.98. The number of rotatable bonds is 5. The number of carboxylic acid groups (broad SMARTS) is 1. The van der Waals surface area contributed by atoms with E-state index in [1.54, 1.807) is 11.8 Å². The van der Waals surface area contributed by atoms with Crippen LogP contribution in [0.1, 0.15) is 19.3 Å². The Bertz CT molecular complexity index is 364. The molecule has 8 heteroatoms. The van der Waals surface area contributed by atoms with Gasteiger partial charge in [-0.25, -0.2) is 9.59 Å². The lowest BCUT2D eigenvalue weighted by molar-refractivity contribution is -0.139. The van der Waals surface area contributed by atoms with Gasteiger partial charge in [-0.05, 0) is 19.3 Å². The highest BCUT2D eigenvalue weighted by Crippen LogP contribution is 2.33. The Balaban J connectivity index is 1.78. The van der Waals surface area contributed by atoms with Crippen LogP contribution in [0, 0.1) is 0 Å². The molecular weight excluding hydrogens is 274 g/mol. The van der Waals surface area contributed by atoms with Crippen molar-refractivity contribution in [3.63, 3.8) is 0 Å². The third-order valence-electron chi connectivity index (χ3n) is 3.36. The summed E-state index contributed by atoms with van der Waals surface area (Å²) >= 11 is 5.74. The molecule has 0 bridgehead atoms. The molecule has 0 aromatic heterocycles. The Hall–Kier alpha value is -0.600. The first-order valence-electron chi connectivity index (χ1n) is 5.83. The molecule has 0 saturated carbocycles. The summed E-state index contributed by atoms with van der Waals surface area (Å²) in [5.41, 5.74) is 5.55.